The molecule has 0 aliphatic heterocycles. The number of hydrogen-bond acceptors (Lipinski definition) is 4. The van der Waals surface area contributed by atoms with Crippen LogP contribution in [0.1, 0.15) is 12.8 Å². The van der Waals surface area contributed by atoms with E-state index in [9.17, 15) is 9.59 Å². The SMILES string of the molecule is COc1ccc(OC)c(NC(=O)C2(C(=O)Nc3ccccc3Cl)CC2)c1. The van der Waals surface area contributed by atoms with Gasteiger partial charge in [-0.15, -0.1) is 0 Å². The molecule has 0 aromatic heterocycles. The van der Waals surface area contributed by atoms with Crippen molar-refractivity contribution in [1.29, 1.82) is 0 Å². The van der Waals surface area contributed by atoms with E-state index in [2.05, 4.69) is 10.6 Å². The maximum absolute atomic E-state index is 12.8. The lowest BCUT2D eigenvalue weighted by atomic mass is 10.0. The van der Waals surface area contributed by atoms with Crippen molar-refractivity contribution in [2.24, 2.45) is 5.41 Å². The van der Waals surface area contributed by atoms with E-state index in [-0.39, 0.29) is 11.8 Å². The molecule has 2 aromatic carbocycles. The highest BCUT2D eigenvalue weighted by Crippen LogP contribution is 2.48. The lowest BCUT2D eigenvalue weighted by Gasteiger charge is -2.17. The number of halogens is 1. The van der Waals surface area contributed by atoms with Crippen molar-refractivity contribution >= 4 is 34.8 Å². The Kier molecular flexibility index (Phi) is 5.04. The van der Waals surface area contributed by atoms with Gasteiger partial charge in [0.25, 0.3) is 0 Å². The first-order valence-electron chi connectivity index (χ1n) is 8.09. The Hall–Kier alpha value is -2.73. The number of ether oxygens (including phenoxy) is 2. The van der Waals surface area contributed by atoms with Crippen LogP contribution in [0.2, 0.25) is 5.02 Å². The molecule has 0 unspecified atom stereocenters. The van der Waals surface area contributed by atoms with Crippen molar-refractivity contribution in [3.8, 4) is 11.5 Å². The second kappa shape index (κ2) is 7.25. The predicted octanol–water partition coefficient (Wildman–Crippen LogP) is 3.71. The van der Waals surface area contributed by atoms with Gasteiger partial charge in [0.2, 0.25) is 11.8 Å². The van der Waals surface area contributed by atoms with E-state index in [0.29, 0.717) is 40.7 Å². The molecule has 0 radical (unpaired) electrons. The van der Waals surface area contributed by atoms with Gasteiger partial charge in [-0.2, -0.15) is 0 Å². The molecule has 26 heavy (non-hydrogen) atoms. The summed E-state index contributed by atoms with van der Waals surface area (Å²) in [7, 11) is 3.04. The van der Waals surface area contributed by atoms with Crippen molar-refractivity contribution in [3.63, 3.8) is 0 Å². The summed E-state index contributed by atoms with van der Waals surface area (Å²) >= 11 is 6.08. The summed E-state index contributed by atoms with van der Waals surface area (Å²) in [5.41, 5.74) is -0.168. The zero-order valence-corrected chi connectivity index (χ0v) is 15.2. The van der Waals surface area contributed by atoms with Gasteiger partial charge < -0.3 is 20.1 Å². The second-order valence-corrected chi connectivity index (χ2v) is 6.44. The van der Waals surface area contributed by atoms with Crippen LogP contribution in [-0.2, 0) is 9.59 Å². The summed E-state index contributed by atoms with van der Waals surface area (Å²) in [6, 6.07) is 12.0. The van der Waals surface area contributed by atoms with E-state index in [4.69, 9.17) is 21.1 Å². The molecule has 0 saturated heterocycles. The quantitative estimate of drug-likeness (QED) is 0.755. The monoisotopic (exact) mass is 374 g/mol. The average molecular weight is 375 g/mol. The van der Waals surface area contributed by atoms with E-state index < -0.39 is 5.41 Å². The Morgan fingerprint density at radius 2 is 1.62 bits per heavy atom. The zero-order chi connectivity index (χ0) is 18.7. The average Bonchev–Trinajstić information content (AvgIpc) is 3.45. The number of carbonyl (C=O) groups excluding carboxylic acids is 2. The molecule has 1 saturated carbocycles. The maximum Gasteiger partial charge on any atom is 0.240 e. The highest BCUT2D eigenvalue weighted by Gasteiger charge is 2.56. The number of anilines is 2. The number of para-hydroxylation sites is 1. The van der Waals surface area contributed by atoms with E-state index in [1.165, 1.54) is 14.2 Å². The molecule has 136 valence electrons. The van der Waals surface area contributed by atoms with Crippen LogP contribution in [0.5, 0.6) is 11.5 Å². The van der Waals surface area contributed by atoms with E-state index in [1.54, 1.807) is 42.5 Å². The van der Waals surface area contributed by atoms with Gasteiger partial charge in [0.05, 0.1) is 30.6 Å². The van der Waals surface area contributed by atoms with E-state index in [1.807, 2.05) is 0 Å². The Bertz CT molecular complexity index is 849. The summed E-state index contributed by atoms with van der Waals surface area (Å²) in [5.74, 6) is 0.312. The van der Waals surface area contributed by atoms with Gasteiger partial charge in [-0.3, -0.25) is 9.59 Å². The summed E-state index contributed by atoms with van der Waals surface area (Å²) in [4.78, 5) is 25.5. The number of amides is 2. The molecule has 0 heterocycles. The number of hydrogen-bond donors (Lipinski definition) is 2. The third-order valence-electron chi connectivity index (χ3n) is 4.40. The molecule has 0 spiro atoms. The Morgan fingerprint density at radius 1 is 0.962 bits per heavy atom. The number of nitrogens with one attached hydrogen (secondary N) is 2. The minimum atomic E-state index is -1.10. The van der Waals surface area contributed by atoms with Crippen molar-refractivity contribution in [2.75, 3.05) is 24.9 Å². The van der Waals surface area contributed by atoms with Crippen LogP contribution in [0.3, 0.4) is 0 Å². The first kappa shape index (κ1) is 18.1. The third kappa shape index (κ3) is 3.46. The van der Waals surface area contributed by atoms with Crippen LogP contribution >= 0.6 is 11.6 Å². The molecule has 2 amide bonds. The van der Waals surface area contributed by atoms with Gasteiger partial charge in [-0.25, -0.2) is 0 Å². The van der Waals surface area contributed by atoms with Gasteiger partial charge in [-0.1, -0.05) is 23.7 Å². The van der Waals surface area contributed by atoms with Crippen molar-refractivity contribution in [1.82, 2.24) is 0 Å². The smallest absolute Gasteiger partial charge is 0.240 e. The molecule has 0 atom stereocenters. The van der Waals surface area contributed by atoms with Crippen LogP contribution in [0, 0.1) is 5.41 Å². The van der Waals surface area contributed by atoms with Gasteiger partial charge >= 0.3 is 0 Å². The lowest BCUT2D eigenvalue weighted by Crippen LogP contribution is -2.35. The highest BCUT2D eigenvalue weighted by atomic mass is 35.5. The molecule has 1 aliphatic carbocycles. The van der Waals surface area contributed by atoms with Gasteiger partial charge in [-0.05, 0) is 37.1 Å². The molecule has 2 N–H and O–H groups in total. The third-order valence-corrected chi connectivity index (χ3v) is 4.73. The topological polar surface area (TPSA) is 76.7 Å². The summed E-state index contributed by atoms with van der Waals surface area (Å²) in [5, 5.41) is 5.95. The number of rotatable bonds is 6. The highest BCUT2D eigenvalue weighted by molar-refractivity contribution is 6.34. The first-order chi connectivity index (χ1) is 12.5. The second-order valence-electron chi connectivity index (χ2n) is 6.04. The number of benzene rings is 2. The minimum absolute atomic E-state index is 0.370. The van der Waals surface area contributed by atoms with E-state index in [0.717, 1.165) is 0 Å². The molecule has 3 rings (SSSR count). The molecule has 1 aliphatic rings. The molecule has 1 fully saturated rings. The van der Waals surface area contributed by atoms with Crippen molar-refractivity contribution in [3.05, 3.63) is 47.5 Å². The van der Waals surface area contributed by atoms with Crippen LogP contribution in [0.25, 0.3) is 0 Å². The molecule has 0 bridgehead atoms. The fourth-order valence-corrected chi connectivity index (χ4v) is 2.82. The van der Waals surface area contributed by atoms with Gasteiger partial charge in [0, 0.05) is 6.07 Å². The van der Waals surface area contributed by atoms with Gasteiger partial charge in [0.15, 0.2) is 0 Å². The normalized spacial score (nSPS) is 14.3. The van der Waals surface area contributed by atoms with E-state index >= 15 is 0 Å². The Morgan fingerprint density at radius 3 is 2.19 bits per heavy atom. The molecular formula is C19H19ClN2O4. The predicted molar refractivity (Wildman–Crippen MR) is 99.9 cm³/mol. The minimum Gasteiger partial charge on any atom is -0.497 e. The molecule has 2 aromatic rings. The summed E-state index contributed by atoms with van der Waals surface area (Å²) < 4.78 is 10.4. The van der Waals surface area contributed by atoms with Gasteiger partial charge in [0.1, 0.15) is 16.9 Å². The standard InChI is InChI=1S/C19H19ClN2O4/c1-25-12-7-8-16(26-2)15(11-12)22-18(24)19(9-10-19)17(23)21-14-6-4-3-5-13(14)20/h3-8,11H,9-10H2,1-2H3,(H,21,23)(H,22,24). The first-order valence-corrected chi connectivity index (χ1v) is 8.47. The Labute approximate surface area is 156 Å². The van der Waals surface area contributed by atoms with Crippen LogP contribution in [0.4, 0.5) is 11.4 Å². The van der Waals surface area contributed by atoms with Crippen LogP contribution < -0.4 is 20.1 Å². The summed E-state index contributed by atoms with van der Waals surface area (Å²) in [6.45, 7) is 0. The number of methoxy groups -OCH3 is 2. The van der Waals surface area contributed by atoms with Crippen LogP contribution in [-0.4, -0.2) is 26.0 Å². The molecule has 7 heteroatoms. The fraction of sp³-hybridized carbons (Fsp3) is 0.263. The lowest BCUT2D eigenvalue weighted by molar-refractivity contribution is -0.131. The van der Waals surface area contributed by atoms with Crippen molar-refractivity contribution < 1.29 is 19.1 Å². The molecular weight excluding hydrogens is 356 g/mol. The molecule has 6 nitrogen and oxygen atoms in total. The summed E-state index contributed by atoms with van der Waals surface area (Å²) in [6.07, 6.45) is 0.947. The Balaban J connectivity index is 1.77. The van der Waals surface area contributed by atoms with Crippen molar-refractivity contribution in [2.45, 2.75) is 12.8 Å². The van der Waals surface area contributed by atoms with Crippen LogP contribution in [0.15, 0.2) is 42.5 Å². The zero-order valence-electron chi connectivity index (χ0n) is 14.5. The maximum atomic E-state index is 12.8. The fourth-order valence-electron chi connectivity index (χ4n) is 2.64. The number of carbonyl (C=O) groups is 2. The largest absolute Gasteiger partial charge is 0.497 e.